The Morgan fingerprint density at radius 2 is 2.05 bits per heavy atom. The molecule has 3 N–H and O–H groups in total. The van der Waals surface area contributed by atoms with Gasteiger partial charge in [0.1, 0.15) is 0 Å². The molecular weight excluding hydrogens is 288 g/mol. The van der Waals surface area contributed by atoms with Gasteiger partial charge < -0.3 is 15.8 Å². The third-order valence-electron chi connectivity index (χ3n) is 2.91. The second-order valence-electron chi connectivity index (χ2n) is 4.66. The molecule has 1 rings (SSSR count). The van der Waals surface area contributed by atoms with Crippen LogP contribution in [-0.2, 0) is 14.3 Å². The number of nitrogen functional groups attached to an aromatic ring is 1. The molecule has 116 valence electrons. The number of ether oxygens (including phenoxy) is 1. The molecule has 0 spiro atoms. The van der Waals surface area contributed by atoms with Crippen LogP contribution in [0.2, 0.25) is 0 Å². The molecule has 0 unspecified atom stereocenters. The number of benzene rings is 1. The van der Waals surface area contributed by atoms with Crippen molar-refractivity contribution >= 4 is 35.0 Å². The summed E-state index contributed by atoms with van der Waals surface area (Å²) in [5.41, 5.74) is 8.09. The molecule has 0 saturated carbocycles. The normalized spacial score (nSPS) is 10.2. The van der Waals surface area contributed by atoms with E-state index in [4.69, 9.17) is 5.73 Å². The molecule has 1 aromatic rings. The summed E-state index contributed by atoms with van der Waals surface area (Å²) in [6, 6.07) is 5.45. The van der Waals surface area contributed by atoms with Crippen molar-refractivity contribution < 1.29 is 14.3 Å². The van der Waals surface area contributed by atoms with Gasteiger partial charge in [-0.2, -0.15) is 11.8 Å². The number of thioether (sulfide) groups is 1. The fourth-order valence-corrected chi connectivity index (χ4v) is 2.54. The third kappa shape index (κ3) is 7.04. The van der Waals surface area contributed by atoms with Crippen LogP contribution in [0, 0.1) is 6.92 Å². The minimum absolute atomic E-state index is 0.0164. The Kier molecular flexibility index (Phi) is 7.68. The van der Waals surface area contributed by atoms with Crippen LogP contribution in [0.3, 0.4) is 0 Å². The van der Waals surface area contributed by atoms with Crippen LogP contribution in [0.25, 0.3) is 0 Å². The van der Waals surface area contributed by atoms with Gasteiger partial charge >= 0.3 is 5.97 Å². The maximum absolute atomic E-state index is 11.8. The summed E-state index contributed by atoms with van der Waals surface area (Å²) in [7, 11) is 1.38. The van der Waals surface area contributed by atoms with E-state index in [1.165, 1.54) is 7.11 Å². The Morgan fingerprint density at radius 3 is 2.76 bits per heavy atom. The van der Waals surface area contributed by atoms with E-state index in [2.05, 4.69) is 10.1 Å². The quantitative estimate of drug-likeness (QED) is 0.438. The molecule has 1 aromatic carbocycles. The van der Waals surface area contributed by atoms with E-state index < -0.39 is 0 Å². The molecule has 21 heavy (non-hydrogen) atoms. The number of rotatable bonds is 8. The fourth-order valence-electron chi connectivity index (χ4n) is 1.68. The highest BCUT2D eigenvalue weighted by atomic mass is 32.2. The number of aryl methyl sites for hydroxylation is 1. The highest BCUT2D eigenvalue weighted by Gasteiger charge is 2.05. The number of nitrogens with one attached hydrogen (secondary N) is 1. The molecule has 0 aromatic heterocycles. The minimum Gasteiger partial charge on any atom is -0.469 e. The average molecular weight is 310 g/mol. The Morgan fingerprint density at radius 1 is 1.29 bits per heavy atom. The van der Waals surface area contributed by atoms with Crippen molar-refractivity contribution in [3.8, 4) is 0 Å². The highest BCUT2D eigenvalue weighted by Crippen LogP contribution is 2.18. The van der Waals surface area contributed by atoms with Gasteiger partial charge in [0.15, 0.2) is 0 Å². The number of methoxy groups -OCH3 is 1. The van der Waals surface area contributed by atoms with E-state index >= 15 is 0 Å². The lowest BCUT2D eigenvalue weighted by Crippen LogP contribution is -2.12. The van der Waals surface area contributed by atoms with Crippen LogP contribution in [0.15, 0.2) is 18.2 Å². The summed E-state index contributed by atoms with van der Waals surface area (Å²) >= 11 is 1.65. The van der Waals surface area contributed by atoms with Crippen LogP contribution in [0.4, 0.5) is 11.4 Å². The van der Waals surface area contributed by atoms with Gasteiger partial charge in [0.25, 0.3) is 0 Å². The Balaban J connectivity index is 2.20. The lowest BCUT2D eigenvalue weighted by molar-refractivity contribution is -0.140. The molecule has 1 amide bonds. The highest BCUT2D eigenvalue weighted by molar-refractivity contribution is 7.99. The van der Waals surface area contributed by atoms with Crippen LogP contribution < -0.4 is 11.1 Å². The molecule has 5 nitrogen and oxygen atoms in total. The molecule has 0 heterocycles. The van der Waals surface area contributed by atoms with Crippen molar-refractivity contribution in [1.82, 2.24) is 0 Å². The number of esters is 1. The summed E-state index contributed by atoms with van der Waals surface area (Å²) in [5, 5.41) is 2.87. The van der Waals surface area contributed by atoms with Crippen molar-refractivity contribution in [2.75, 3.05) is 29.7 Å². The van der Waals surface area contributed by atoms with Crippen molar-refractivity contribution in [2.24, 2.45) is 0 Å². The summed E-state index contributed by atoms with van der Waals surface area (Å²) in [6.07, 6.45) is 1.65. The monoisotopic (exact) mass is 310 g/mol. The van der Waals surface area contributed by atoms with E-state index in [1.807, 2.05) is 19.1 Å². The second-order valence-corrected chi connectivity index (χ2v) is 5.89. The zero-order valence-corrected chi connectivity index (χ0v) is 13.3. The van der Waals surface area contributed by atoms with Gasteiger partial charge in [0.2, 0.25) is 5.91 Å². The largest absolute Gasteiger partial charge is 0.469 e. The lowest BCUT2D eigenvalue weighted by atomic mass is 10.1. The molecule has 0 fully saturated rings. The van der Waals surface area contributed by atoms with E-state index in [1.54, 1.807) is 17.8 Å². The van der Waals surface area contributed by atoms with Crippen LogP contribution in [-0.4, -0.2) is 30.5 Å². The Labute approximate surface area is 129 Å². The number of hydrogen-bond acceptors (Lipinski definition) is 5. The third-order valence-corrected chi connectivity index (χ3v) is 3.98. The lowest BCUT2D eigenvalue weighted by Gasteiger charge is -2.09. The molecule has 0 aliphatic heterocycles. The average Bonchev–Trinajstić information content (AvgIpc) is 2.46. The zero-order chi connectivity index (χ0) is 15.7. The maximum Gasteiger partial charge on any atom is 0.306 e. The number of hydrogen-bond donors (Lipinski definition) is 2. The van der Waals surface area contributed by atoms with Gasteiger partial charge in [0.05, 0.1) is 13.5 Å². The fraction of sp³-hybridized carbons (Fsp3) is 0.467. The zero-order valence-electron chi connectivity index (χ0n) is 12.5. The summed E-state index contributed by atoms with van der Waals surface area (Å²) < 4.78 is 4.56. The predicted molar refractivity (Wildman–Crippen MR) is 87.4 cm³/mol. The van der Waals surface area contributed by atoms with E-state index in [-0.39, 0.29) is 11.9 Å². The first-order chi connectivity index (χ1) is 10.0. The van der Waals surface area contributed by atoms with Crippen molar-refractivity contribution in [1.29, 1.82) is 0 Å². The number of carbonyl (C=O) groups excluding carboxylic acids is 2. The first-order valence-corrected chi connectivity index (χ1v) is 7.99. The SMILES string of the molecule is COC(=O)CCSCCCC(=O)Nc1cc(N)ccc1C. The standard InChI is InChI=1S/C15H22N2O3S/c1-11-5-6-12(16)10-13(11)17-14(18)4-3-8-21-9-7-15(19)20-2/h5-6,10H,3-4,7-9,16H2,1-2H3,(H,17,18). The summed E-state index contributed by atoms with van der Waals surface area (Å²) in [4.78, 5) is 22.7. The minimum atomic E-state index is -0.197. The van der Waals surface area contributed by atoms with Gasteiger partial charge in [-0.3, -0.25) is 9.59 Å². The van der Waals surface area contributed by atoms with Gasteiger partial charge in [-0.25, -0.2) is 0 Å². The van der Waals surface area contributed by atoms with Gasteiger partial charge in [0, 0.05) is 23.5 Å². The molecule has 6 heteroatoms. The van der Waals surface area contributed by atoms with Crippen LogP contribution >= 0.6 is 11.8 Å². The molecule has 0 aliphatic carbocycles. The molecule has 0 radical (unpaired) electrons. The number of amides is 1. The molecule has 0 aliphatic rings. The first-order valence-electron chi connectivity index (χ1n) is 6.83. The van der Waals surface area contributed by atoms with Crippen LogP contribution in [0.5, 0.6) is 0 Å². The first kappa shape index (κ1) is 17.4. The van der Waals surface area contributed by atoms with Crippen molar-refractivity contribution in [3.05, 3.63) is 23.8 Å². The summed E-state index contributed by atoms with van der Waals surface area (Å²) in [6.45, 7) is 1.93. The van der Waals surface area contributed by atoms with Crippen molar-refractivity contribution in [2.45, 2.75) is 26.2 Å². The Hall–Kier alpha value is -1.69. The van der Waals surface area contributed by atoms with E-state index in [0.29, 0.717) is 18.5 Å². The van der Waals surface area contributed by atoms with E-state index in [9.17, 15) is 9.59 Å². The van der Waals surface area contributed by atoms with Gasteiger partial charge in [-0.1, -0.05) is 6.07 Å². The van der Waals surface area contributed by atoms with Gasteiger partial charge in [-0.05, 0) is 36.8 Å². The topological polar surface area (TPSA) is 81.4 Å². The number of nitrogens with two attached hydrogens (primary N) is 1. The predicted octanol–water partition coefficient (Wildman–Crippen LogP) is 2.59. The Bertz CT molecular complexity index is 492. The molecule has 0 saturated heterocycles. The second kappa shape index (κ2) is 9.28. The number of anilines is 2. The molecule has 0 bridgehead atoms. The maximum atomic E-state index is 11.8. The van der Waals surface area contributed by atoms with Crippen molar-refractivity contribution in [3.63, 3.8) is 0 Å². The molecule has 0 atom stereocenters. The smallest absolute Gasteiger partial charge is 0.306 e. The number of carbonyl (C=O) groups is 2. The summed E-state index contributed by atoms with van der Waals surface area (Å²) in [5.74, 6) is 1.36. The van der Waals surface area contributed by atoms with E-state index in [0.717, 1.165) is 29.2 Å². The van der Waals surface area contributed by atoms with Gasteiger partial charge in [-0.15, -0.1) is 0 Å². The van der Waals surface area contributed by atoms with Crippen LogP contribution in [0.1, 0.15) is 24.8 Å². The molecular formula is C15H22N2O3S.